The van der Waals surface area contributed by atoms with E-state index >= 15 is 0 Å². The predicted molar refractivity (Wildman–Crippen MR) is 80.8 cm³/mol. The van der Waals surface area contributed by atoms with Crippen LogP contribution < -0.4 is 0 Å². The van der Waals surface area contributed by atoms with Crippen molar-refractivity contribution in [2.24, 2.45) is 0 Å². The molecular weight excluding hydrogens is 254 g/mol. The molecule has 1 aliphatic heterocycles. The minimum Gasteiger partial charge on any atom is -0.444 e. The molecule has 0 atom stereocenters. The lowest BCUT2D eigenvalue weighted by Gasteiger charge is -2.41. The van der Waals surface area contributed by atoms with Gasteiger partial charge in [-0.1, -0.05) is 13.0 Å². The Morgan fingerprint density at radius 3 is 2.40 bits per heavy atom. The number of amides is 1. The molecule has 4 nitrogen and oxygen atoms in total. The molecule has 0 unspecified atom stereocenters. The minimum atomic E-state index is -0.434. The Labute approximate surface area is 123 Å². The molecule has 1 aliphatic rings. The average molecular weight is 283 g/mol. The highest BCUT2D eigenvalue weighted by atomic mass is 16.6. The Bertz CT molecular complexity index is 325. The van der Waals surface area contributed by atoms with Crippen molar-refractivity contribution in [3.05, 3.63) is 12.7 Å². The molecular formula is C16H29NO3. The number of carbonyl (C=O) groups is 1. The summed E-state index contributed by atoms with van der Waals surface area (Å²) in [5.41, 5.74) is -0.516. The standard InChI is InChI=1S/C16H29NO3/c1-6-8-13-19-16(7-2)9-11-17(12-10-16)14(18)20-15(3,4)5/h6H,1,7-13H2,2-5H3. The van der Waals surface area contributed by atoms with Gasteiger partial charge in [-0.05, 0) is 46.5 Å². The van der Waals surface area contributed by atoms with Gasteiger partial charge in [-0.3, -0.25) is 0 Å². The molecule has 0 N–H and O–H groups in total. The quantitative estimate of drug-likeness (QED) is 0.569. The third kappa shape index (κ3) is 5.16. The maximum Gasteiger partial charge on any atom is 0.410 e. The molecule has 1 fully saturated rings. The first kappa shape index (κ1) is 17.0. The van der Waals surface area contributed by atoms with Crippen molar-refractivity contribution in [2.45, 2.75) is 64.6 Å². The second-order valence-electron chi connectivity index (χ2n) is 6.43. The van der Waals surface area contributed by atoms with Crippen molar-refractivity contribution in [3.8, 4) is 0 Å². The molecule has 0 aromatic rings. The summed E-state index contributed by atoms with van der Waals surface area (Å²) < 4.78 is 11.4. The normalized spacial score (nSPS) is 18.7. The molecule has 0 spiro atoms. The van der Waals surface area contributed by atoms with Gasteiger partial charge in [0.2, 0.25) is 0 Å². The number of piperidine rings is 1. The zero-order valence-electron chi connectivity index (χ0n) is 13.4. The summed E-state index contributed by atoms with van der Waals surface area (Å²) >= 11 is 0. The van der Waals surface area contributed by atoms with Crippen molar-refractivity contribution < 1.29 is 14.3 Å². The minimum absolute atomic E-state index is 0.0818. The predicted octanol–water partition coefficient (Wildman–Crippen LogP) is 3.76. The van der Waals surface area contributed by atoms with Crippen molar-refractivity contribution in [2.75, 3.05) is 19.7 Å². The summed E-state index contributed by atoms with van der Waals surface area (Å²) in [6.07, 6.45) is 5.26. The van der Waals surface area contributed by atoms with E-state index in [0.29, 0.717) is 19.7 Å². The highest BCUT2D eigenvalue weighted by molar-refractivity contribution is 5.68. The Balaban J connectivity index is 2.48. The Morgan fingerprint density at radius 1 is 1.35 bits per heavy atom. The van der Waals surface area contributed by atoms with Crippen molar-refractivity contribution >= 4 is 6.09 Å². The summed E-state index contributed by atoms with van der Waals surface area (Å²) in [4.78, 5) is 13.8. The molecule has 0 radical (unpaired) electrons. The molecule has 1 rings (SSSR count). The van der Waals surface area contributed by atoms with Gasteiger partial charge in [-0.25, -0.2) is 4.79 Å². The molecule has 1 saturated heterocycles. The fraction of sp³-hybridized carbons (Fsp3) is 0.812. The second-order valence-corrected chi connectivity index (χ2v) is 6.43. The second kappa shape index (κ2) is 7.11. The van der Waals surface area contributed by atoms with Crippen LogP contribution in [-0.4, -0.2) is 41.9 Å². The number of hydrogen-bond acceptors (Lipinski definition) is 3. The lowest BCUT2D eigenvalue weighted by molar-refractivity contribution is -0.0852. The Hall–Kier alpha value is -1.03. The largest absolute Gasteiger partial charge is 0.444 e. The van der Waals surface area contributed by atoms with Crippen molar-refractivity contribution in [1.82, 2.24) is 4.90 Å². The van der Waals surface area contributed by atoms with Crippen LogP contribution in [0.5, 0.6) is 0 Å². The van der Waals surface area contributed by atoms with Gasteiger partial charge in [0.1, 0.15) is 5.60 Å². The number of nitrogens with zero attached hydrogens (tertiary/aromatic N) is 1. The van der Waals surface area contributed by atoms with E-state index in [0.717, 1.165) is 25.7 Å². The van der Waals surface area contributed by atoms with Gasteiger partial charge in [-0.15, -0.1) is 6.58 Å². The smallest absolute Gasteiger partial charge is 0.410 e. The Kier molecular flexibility index (Phi) is 6.06. The lowest BCUT2D eigenvalue weighted by Crippen LogP contribution is -2.49. The van der Waals surface area contributed by atoms with Crippen molar-refractivity contribution in [3.63, 3.8) is 0 Å². The summed E-state index contributed by atoms with van der Waals surface area (Å²) in [7, 11) is 0. The zero-order valence-corrected chi connectivity index (χ0v) is 13.4. The molecule has 0 bridgehead atoms. The third-order valence-corrected chi connectivity index (χ3v) is 3.70. The van der Waals surface area contributed by atoms with Crippen LogP contribution in [0.1, 0.15) is 53.4 Å². The molecule has 0 aromatic carbocycles. The van der Waals surface area contributed by atoms with Gasteiger partial charge in [0, 0.05) is 13.1 Å². The van der Waals surface area contributed by atoms with Gasteiger partial charge in [0.15, 0.2) is 0 Å². The molecule has 4 heteroatoms. The van der Waals surface area contributed by atoms with Crippen LogP contribution in [0.4, 0.5) is 4.79 Å². The van der Waals surface area contributed by atoms with Crippen LogP contribution in [0.15, 0.2) is 12.7 Å². The van der Waals surface area contributed by atoms with Gasteiger partial charge in [0.25, 0.3) is 0 Å². The van der Waals surface area contributed by atoms with E-state index < -0.39 is 5.60 Å². The summed E-state index contributed by atoms with van der Waals surface area (Å²) in [5, 5.41) is 0. The summed E-state index contributed by atoms with van der Waals surface area (Å²) in [6.45, 7) is 13.7. The van der Waals surface area contributed by atoms with E-state index in [9.17, 15) is 4.79 Å². The number of rotatable bonds is 5. The van der Waals surface area contributed by atoms with Crippen LogP contribution in [0.3, 0.4) is 0 Å². The van der Waals surface area contributed by atoms with E-state index in [2.05, 4.69) is 13.5 Å². The first-order chi connectivity index (χ1) is 9.32. The highest BCUT2D eigenvalue weighted by Crippen LogP contribution is 2.30. The number of carbonyl (C=O) groups excluding carboxylic acids is 1. The summed E-state index contributed by atoms with van der Waals surface area (Å²) in [6, 6.07) is 0. The zero-order chi connectivity index (χ0) is 15.2. The average Bonchev–Trinajstić information content (AvgIpc) is 2.38. The molecule has 116 valence electrons. The van der Waals surface area contributed by atoms with Crippen LogP contribution in [0.25, 0.3) is 0 Å². The van der Waals surface area contributed by atoms with Crippen LogP contribution in [0.2, 0.25) is 0 Å². The number of ether oxygens (including phenoxy) is 2. The molecule has 1 amide bonds. The first-order valence-electron chi connectivity index (χ1n) is 7.55. The third-order valence-electron chi connectivity index (χ3n) is 3.70. The van der Waals surface area contributed by atoms with Crippen LogP contribution in [0, 0.1) is 0 Å². The van der Waals surface area contributed by atoms with Gasteiger partial charge < -0.3 is 14.4 Å². The van der Waals surface area contributed by atoms with E-state index in [1.165, 1.54) is 0 Å². The molecule has 0 saturated carbocycles. The summed E-state index contributed by atoms with van der Waals surface area (Å²) in [5.74, 6) is 0. The van der Waals surface area contributed by atoms with Crippen LogP contribution in [-0.2, 0) is 9.47 Å². The highest BCUT2D eigenvalue weighted by Gasteiger charge is 2.36. The molecule has 20 heavy (non-hydrogen) atoms. The van der Waals surface area contributed by atoms with Gasteiger partial charge >= 0.3 is 6.09 Å². The topological polar surface area (TPSA) is 38.8 Å². The molecule has 1 heterocycles. The first-order valence-corrected chi connectivity index (χ1v) is 7.55. The van der Waals surface area contributed by atoms with E-state index in [1.54, 1.807) is 4.90 Å². The fourth-order valence-corrected chi connectivity index (χ4v) is 2.38. The van der Waals surface area contributed by atoms with E-state index in [-0.39, 0.29) is 11.7 Å². The fourth-order valence-electron chi connectivity index (χ4n) is 2.38. The SMILES string of the molecule is C=CCCOC1(CC)CCN(C(=O)OC(C)(C)C)CC1. The van der Waals surface area contributed by atoms with E-state index in [4.69, 9.17) is 9.47 Å². The van der Waals surface area contributed by atoms with Gasteiger partial charge in [0.05, 0.1) is 12.2 Å². The van der Waals surface area contributed by atoms with Gasteiger partial charge in [-0.2, -0.15) is 0 Å². The monoisotopic (exact) mass is 283 g/mol. The number of likely N-dealkylation sites (tertiary alicyclic amines) is 1. The Morgan fingerprint density at radius 2 is 1.95 bits per heavy atom. The lowest BCUT2D eigenvalue weighted by atomic mass is 9.88. The molecule has 0 aromatic heterocycles. The molecule has 0 aliphatic carbocycles. The maximum absolute atomic E-state index is 12.0. The van der Waals surface area contributed by atoms with Crippen molar-refractivity contribution in [1.29, 1.82) is 0 Å². The number of hydrogen-bond donors (Lipinski definition) is 0. The van der Waals surface area contributed by atoms with E-state index in [1.807, 2.05) is 26.8 Å². The maximum atomic E-state index is 12.0. The van der Waals surface area contributed by atoms with Crippen LogP contribution >= 0.6 is 0 Å².